The van der Waals surface area contributed by atoms with Crippen LogP contribution in [0.4, 0.5) is 0 Å². The number of rotatable bonds is 9. The minimum Gasteiger partial charge on any atom is -0.493 e. The van der Waals surface area contributed by atoms with E-state index < -0.39 is 11.8 Å². The van der Waals surface area contributed by atoms with Crippen molar-refractivity contribution in [1.29, 1.82) is 5.26 Å². The molecule has 1 aliphatic heterocycles. The van der Waals surface area contributed by atoms with E-state index in [1.54, 1.807) is 38.3 Å². The van der Waals surface area contributed by atoms with Gasteiger partial charge in [0.2, 0.25) is 0 Å². The summed E-state index contributed by atoms with van der Waals surface area (Å²) in [4.78, 5) is 26.4. The number of nitrogens with zero attached hydrogens (tertiary/aromatic N) is 2. The molecule has 7 nitrogen and oxygen atoms in total. The second-order valence-electron chi connectivity index (χ2n) is 6.54. The smallest absolute Gasteiger partial charge is 0.271 e. The van der Waals surface area contributed by atoms with Crippen LogP contribution < -0.4 is 9.47 Å². The minimum atomic E-state index is -0.596. The third-order valence-electron chi connectivity index (χ3n) is 4.60. The van der Waals surface area contributed by atoms with Crippen LogP contribution in [0.25, 0.3) is 6.08 Å². The molecule has 1 aromatic rings. The average Bonchev–Trinajstić information content (AvgIpc) is 2.72. The largest absolute Gasteiger partial charge is 0.493 e. The minimum absolute atomic E-state index is 0.0431. The summed E-state index contributed by atoms with van der Waals surface area (Å²) in [7, 11) is 3.03. The molecule has 0 saturated carbocycles. The fourth-order valence-corrected chi connectivity index (χ4v) is 2.90. The lowest BCUT2D eigenvalue weighted by molar-refractivity contribution is -0.141. The Balaban J connectivity index is 2.42. The number of unbranched alkanes of at least 4 members (excludes halogenated alkanes) is 1. The maximum atomic E-state index is 12.9. The van der Waals surface area contributed by atoms with Crippen LogP contribution in [0.15, 0.2) is 34.9 Å². The lowest BCUT2D eigenvalue weighted by Gasteiger charge is -2.27. The number of hydrogen-bond donors (Lipinski definition) is 0. The van der Waals surface area contributed by atoms with Gasteiger partial charge in [-0.15, -0.1) is 0 Å². The fourth-order valence-electron chi connectivity index (χ4n) is 2.90. The van der Waals surface area contributed by atoms with Gasteiger partial charge in [0.1, 0.15) is 11.6 Å². The van der Waals surface area contributed by atoms with E-state index in [4.69, 9.17) is 14.2 Å². The second-order valence-corrected chi connectivity index (χ2v) is 6.54. The van der Waals surface area contributed by atoms with E-state index in [0.717, 1.165) is 17.7 Å². The number of methoxy groups -OCH3 is 2. The molecule has 0 saturated heterocycles. The lowest BCUT2D eigenvalue weighted by atomic mass is 9.93. The number of carbonyl (C=O) groups excluding carboxylic acids is 2. The lowest BCUT2D eigenvalue weighted by Crippen LogP contribution is -2.44. The average molecular weight is 398 g/mol. The number of benzene rings is 1. The van der Waals surface area contributed by atoms with Gasteiger partial charge in [0, 0.05) is 12.7 Å². The van der Waals surface area contributed by atoms with E-state index in [0.29, 0.717) is 34.8 Å². The Morgan fingerprint density at radius 3 is 2.52 bits per heavy atom. The maximum Gasteiger partial charge on any atom is 0.271 e. The third-order valence-corrected chi connectivity index (χ3v) is 4.60. The number of hydrogen-bond acceptors (Lipinski definition) is 6. The van der Waals surface area contributed by atoms with Gasteiger partial charge >= 0.3 is 0 Å². The van der Waals surface area contributed by atoms with Crippen LogP contribution in [-0.2, 0) is 14.3 Å². The van der Waals surface area contributed by atoms with E-state index in [9.17, 15) is 14.9 Å². The normalized spacial score (nSPS) is 15.7. The molecule has 0 aliphatic carbocycles. The van der Waals surface area contributed by atoms with Gasteiger partial charge in [-0.25, -0.2) is 0 Å². The Kier molecular flexibility index (Phi) is 7.98. The predicted octanol–water partition coefficient (Wildman–Crippen LogP) is 3.11. The molecule has 0 spiro atoms. The van der Waals surface area contributed by atoms with Crippen molar-refractivity contribution in [1.82, 2.24) is 4.90 Å². The topological polar surface area (TPSA) is 88.9 Å². The first-order valence-corrected chi connectivity index (χ1v) is 9.47. The van der Waals surface area contributed by atoms with Gasteiger partial charge in [-0.3, -0.25) is 14.5 Å². The first kappa shape index (κ1) is 22.2. The van der Waals surface area contributed by atoms with Crippen LogP contribution in [0, 0.1) is 11.3 Å². The number of imide groups is 1. The highest BCUT2D eigenvalue weighted by atomic mass is 16.5. The van der Waals surface area contributed by atoms with Crippen LogP contribution in [-0.4, -0.2) is 50.7 Å². The van der Waals surface area contributed by atoms with Crippen molar-refractivity contribution in [3.8, 4) is 17.6 Å². The molecule has 7 heteroatoms. The van der Waals surface area contributed by atoms with Gasteiger partial charge in [0.05, 0.1) is 26.9 Å². The molecule has 154 valence electrons. The third kappa shape index (κ3) is 5.04. The van der Waals surface area contributed by atoms with E-state index in [-0.39, 0.29) is 18.7 Å². The Bertz CT molecular complexity index is 880. The van der Waals surface area contributed by atoms with Crippen LogP contribution in [0.5, 0.6) is 11.5 Å². The van der Waals surface area contributed by atoms with Gasteiger partial charge in [-0.05, 0) is 42.7 Å². The molecule has 0 bridgehead atoms. The zero-order chi connectivity index (χ0) is 21.4. The molecule has 1 aromatic carbocycles. The quantitative estimate of drug-likeness (QED) is 0.361. The Labute approximate surface area is 171 Å². The summed E-state index contributed by atoms with van der Waals surface area (Å²) in [6.45, 7) is 4.56. The number of ether oxygens (including phenoxy) is 3. The van der Waals surface area contributed by atoms with Gasteiger partial charge in [0.25, 0.3) is 11.8 Å². The van der Waals surface area contributed by atoms with Crippen molar-refractivity contribution in [2.45, 2.75) is 26.7 Å². The molecule has 0 aromatic heterocycles. The summed E-state index contributed by atoms with van der Waals surface area (Å²) in [5.41, 5.74) is 1.31. The van der Waals surface area contributed by atoms with E-state index in [1.807, 2.05) is 6.07 Å². The van der Waals surface area contributed by atoms with Crippen molar-refractivity contribution in [3.05, 3.63) is 40.5 Å². The van der Waals surface area contributed by atoms with Crippen LogP contribution >= 0.6 is 0 Å². The molecule has 29 heavy (non-hydrogen) atoms. The predicted molar refractivity (Wildman–Crippen MR) is 108 cm³/mol. The van der Waals surface area contributed by atoms with Crippen molar-refractivity contribution in [2.75, 3.05) is 34.0 Å². The van der Waals surface area contributed by atoms with Gasteiger partial charge in [-0.2, -0.15) is 5.26 Å². The van der Waals surface area contributed by atoms with E-state index in [2.05, 4.69) is 6.92 Å². The highest BCUT2D eigenvalue weighted by Crippen LogP contribution is 2.31. The highest BCUT2D eigenvalue weighted by molar-refractivity contribution is 6.19. The number of carbonyl (C=O) groups is 2. The Morgan fingerprint density at radius 1 is 1.14 bits per heavy atom. The van der Waals surface area contributed by atoms with Gasteiger partial charge < -0.3 is 14.2 Å². The number of amides is 2. The van der Waals surface area contributed by atoms with Crippen molar-refractivity contribution >= 4 is 17.9 Å². The Morgan fingerprint density at radius 2 is 1.90 bits per heavy atom. The molecule has 0 fully saturated rings. The highest BCUT2D eigenvalue weighted by Gasteiger charge is 2.35. The molecule has 1 aliphatic rings. The van der Waals surface area contributed by atoms with E-state index in [1.165, 1.54) is 7.11 Å². The second kappa shape index (κ2) is 10.4. The van der Waals surface area contributed by atoms with Crippen molar-refractivity contribution in [3.63, 3.8) is 0 Å². The zero-order valence-electron chi connectivity index (χ0n) is 17.3. The zero-order valence-corrected chi connectivity index (χ0v) is 17.3. The molecule has 0 unspecified atom stereocenters. The maximum absolute atomic E-state index is 12.9. The monoisotopic (exact) mass is 398 g/mol. The van der Waals surface area contributed by atoms with Crippen LogP contribution in [0.1, 0.15) is 32.3 Å². The molecule has 2 rings (SSSR count). The van der Waals surface area contributed by atoms with Crippen molar-refractivity contribution in [2.24, 2.45) is 0 Å². The van der Waals surface area contributed by atoms with Crippen LogP contribution in [0.2, 0.25) is 0 Å². The summed E-state index contributed by atoms with van der Waals surface area (Å²) in [6, 6.07) is 7.27. The fraction of sp³-hybridized carbons (Fsp3) is 0.409. The van der Waals surface area contributed by atoms with Crippen LogP contribution in [0.3, 0.4) is 0 Å². The summed E-state index contributed by atoms with van der Waals surface area (Å²) in [5, 5.41) is 9.40. The SMILES string of the molecule is CCCCOc1ccc(/C=C2/C(=O)N(CCOC)C(=O)C(C#N)=C2C)cc1OC. The van der Waals surface area contributed by atoms with Gasteiger partial charge in [-0.1, -0.05) is 19.4 Å². The molecular formula is C22H26N2O5. The molecule has 0 atom stereocenters. The standard InChI is InChI=1S/C22H26N2O5/c1-5-6-10-29-19-8-7-16(13-20(19)28-4)12-17-15(2)18(14-23)22(26)24(21(17)25)9-11-27-3/h7-8,12-13H,5-6,9-11H2,1-4H3/b17-12+. The summed E-state index contributed by atoms with van der Waals surface area (Å²) >= 11 is 0. The summed E-state index contributed by atoms with van der Waals surface area (Å²) in [5.74, 6) is 0.125. The number of nitriles is 1. The molecule has 0 N–H and O–H groups in total. The molecule has 0 radical (unpaired) electrons. The molecule has 2 amide bonds. The summed E-state index contributed by atoms with van der Waals surface area (Å²) < 4.78 is 16.1. The van der Waals surface area contributed by atoms with E-state index >= 15 is 0 Å². The molecule has 1 heterocycles. The van der Waals surface area contributed by atoms with Gasteiger partial charge in [0.15, 0.2) is 11.5 Å². The first-order chi connectivity index (χ1) is 14.0. The summed E-state index contributed by atoms with van der Waals surface area (Å²) in [6.07, 6.45) is 3.62. The Hall–Kier alpha value is -3.11. The van der Waals surface area contributed by atoms with Crippen molar-refractivity contribution < 1.29 is 23.8 Å². The first-order valence-electron chi connectivity index (χ1n) is 9.47. The molecular weight excluding hydrogens is 372 g/mol.